The van der Waals surface area contributed by atoms with E-state index >= 15 is 0 Å². The van der Waals surface area contributed by atoms with Crippen molar-refractivity contribution < 1.29 is 14.3 Å². The van der Waals surface area contributed by atoms with Crippen LogP contribution >= 0.6 is 0 Å². The molecule has 0 amide bonds. The van der Waals surface area contributed by atoms with Crippen LogP contribution in [-0.2, 0) is 9.47 Å². The quantitative estimate of drug-likeness (QED) is 0.734. The zero-order valence-corrected chi connectivity index (χ0v) is 10.1. The van der Waals surface area contributed by atoms with Gasteiger partial charge in [-0.3, -0.25) is 0 Å². The van der Waals surface area contributed by atoms with Crippen molar-refractivity contribution in [1.82, 2.24) is 0 Å². The molecule has 1 saturated heterocycles. The lowest BCUT2D eigenvalue weighted by molar-refractivity contribution is -0.0755. The maximum Gasteiger partial charge on any atom is 0.508 e. The lowest BCUT2D eigenvalue weighted by atomic mass is 9.86. The van der Waals surface area contributed by atoms with Crippen molar-refractivity contribution in [2.24, 2.45) is 5.41 Å². The molecule has 0 spiro atoms. The van der Waals surface area contributed by atoms with Gasteiger partial charge in [-0.25, -0.2) is 4.79 Å². The third-order valence-electron chi connectivity index (χ3n) is 2.82. The largest absolute Gasteiger partial charge is 0.508 e. The standard InChI is InChI=1S/C14H16O3/c1-14(2)10-16-13(15)17-12(14)9-8-11-6-4-3-5-7-11/h3-9,12H,10H2,1-2H3. The normalized spacial score (nSPS) is 23.2. The minimum absolute atomic E-state index is 0.195. The average Bonchev–Trinajstić information content (AvgIpc) is 2.32. The summed E-state index contributed by atoms with van der Waals surface area (Å²) in [6.45, 7) is 4.41. The molecule has 0 aromatic heterocycles. The Kier molecular flexibility index (Phi) is 3.18. The van der Waals surface area contributed by atoms with E-state index in [4.69, 9.17) is 9.47 Å². The topological polar surface area (TPSA) is 35.5 Å². The highest BCUT2D eigenvalue weighted by molar-refractivity contribution is 5.62. The van der Waals surface area contributed by atoms with E-state index in [-0.39, 0.29) is 11.5 Å². The molecule has 0 aliphatic carbocycles. The van der Waals surface area contributed by atoms with Crippen LogP contribution in [0.1, 0.15) is 19.4 Å². The second-order valence-electron chi connectivity index (χ2n) is 4.84. The number of cyclic esters (lactones) is 2. The van der Waals surface area contributed by atoms with Gasteiger partial charge in [-0.15, -0.1) is 0 Å². The Hall–Kier alpha value is -1.77. The highest BCUT2D eigenvalue weighted by atomic mass is 16.7. The van der Waals surface area contributed by atoms with E-state index in [1.54, 1.807) is 0 Å². The van der Waals surface area contributed by atoms with E-state index in [1.807, 2.05) is 56.3 Å². The second-order valence-corrected chi connectivity index (χ2v) is 4.84. The number of hydrogen-bond donors (Lipinski definition) is 0. The van der Waals surface area contributed by atoms with Crippen LogP contribution in [0.4, 0.5) is 4.79 Å². The van der Waals surface area contributed by atoms with E-state index in [9.17, 15) is 4.79 Å². The number of benzene rings is 1. The van der Waals surface area contributed by atoms with E-state index in [0.29, 0.717) is 6.61 Å². The van der Waals surface area contributed by atoms with Gasteiger partial charge in [-0.05, 0) is 11.6 Å². The molecular weight excluding hydrogens is 216 g/mol. The molecule has 0 radical (unpaired) electrons. The summed E-state index contributed by atoms with van der Waals surface area (Å²) in [6, 6.07) is 9.92. The van der Waals surface area contributed by atoms with Gasteiger partial charge in [0.1, 0.15) is 12.7 Å². The van der Waals surface area contributed by atoms with Crippen molar-refractivity contribution in [1.29, 1.82) is 0 Å². The average molecular weight is 232 g/mol. The molecule has 90 valence electrons. The van der Waals surface area contributed by atoms with Crippen molar-refractivity contribution in [2.75, 3.05) is 6.61 Å². The van der Waals surface area contributed by atoms with Crippen molar-refractivity contribution in [3.63, 3.8) is 0 Å². The zero-order valence-electron chi connectivity index (χ0n) is 10.1. The Morgan fingerprint density at radius 2 is 2.00 bits per heavy atom. The summed E-state index contributed by atoms with van der Waals surface area (Å²) < 4.78 is 10.1. The van der Waals surface area contributed by atoms with Crippen molar-refractivity contribution in [3.05, 3.63) is 42.0 Å². The highest BCUT2D eigenvalue weighted by Gasteiger charge is 2.37. The van der Waals surface area contributed by atoms with Crippen LogP contribution in [0.2, 0.25) is 0 Å². The zero-order chi connectivity index (χ0) is 12.3. The summed E-state index contributed by atoms with van der Waals surface area (Å²) in [7, 11) is 0. The lowest BCUT2D eigenvalue weighted by Crippen LogP contribution is -2.42. The molecule has 1 aliphatic rings. The second kappa shape index (κ2) is 4.62. The fourth-order valence-electron chi connectivity index (χ4n) is 1.69. The van der Waals surface area contributed by atoms with Crippen LogP contribution in [0.5, 0.6) is 0 Å². The highest BCUT2D eigenvalue weighted by Crippen LogP contribution is 2.29. The Balaban J connectivity index is 2.11. The first-order valence-corrected chi connectivity index (χ1v) is 5.65. The van der Waals surface area contributed by atoms with E-state index < -0.39 is 6.16 Å². The number of ether oxygens (including phenoxy) is 2. The molecule has 3 heteroatoms. The summed E-state index contributed by atoms with van der Waals surface area (Å²) in [6.07, 6.45) is 3.04. The smallest absolute Gasteiger partial charge is 0.434 e. The van der Waals surface area contributed by atoms with E-state index in [0.717, 1.165) is 5.56 Å². The first kappa shape index (κ1) is 11.7. The van der Waals surface area contributed by atoms with E-state index in [1.165, 1.54) is 0 Å². The third kappa shape index (κ3) is 2.87. The molecule has 1 aromatic rings. The molecule has 1 aromatic carbocycles. The summed E-state index contributed by atoms with van der Waals surface area (Å²) in [5.74, 6) is 0. The summed E-state index contributed by atoms with van der Waals surface area (Å²) in [5, 5.41) is 0. The van der Waals surface area contributed by atoms with Crippen molar-refractivity contribution in [3.8, 4) is 0 Å². The molecule has 3 nitrogen and oxygen atoms in total. The Bertz CT molecular complexity index is 420. The van der Waals surface area contributed by atoms with Gasteiger partial charge in [0.2, 0.25) is 0 Å². The van der Waals surface area contributed by atoms with Gasteiger partial charge >= 0.3 is 6.16 Å². The van der Waals surface area contributed by atoms with Crippen molar-refractivity contribution >= 4 is 12.2 Å². The molecule has 1 fully saturated rings. The monoisotopic (exact) mass is 232 g/mol. The molecule has 2 rings (SSSR count). The Morgan fingerprint density at radius 1 is 1.29 bits per heavy atom. The molecular formula is C14H16O3. The van der Waals surface area contributed by atoms with Crippen LogP contribution in [0.25, 0.3) is 6.08 Å². The van der Waals surface area contributed by atoms with Gasteiger partial charge in [0.05, 0.1) is 0 Å². The molecule has 1 aliphatic heterocycles. The minimum Gasteiger partial charge on any atom is -0.434 e. The molecule has 17 heavy (non-hydrogen) atoms. The molecule has 0 saturated carbocycles. The molecule has 1 atom stereocenters. The maximum absolute atomic E-state index is 11.1. The van der Waals surface area contributed by atoms with Gasteiger partial charge in [0.15, 0.2) is 0 Å². The lowest BCUT2D eigenvalue weighted by Gasteiger charge is -2.35. The molecule has 1 heterocycles. The van der Waals surface area contributed by atoms with Gasteiger partial charge in [0, 0.05) is 5.41 Å². The first-order chi connectivity index (χ1) is 8.08. The van der Waals surface area contributed by atoms with Crippen molar-refractivity contribution in [2.45, 2.75) is 20.0 Å². The summed E-state index contributed by atoms with van der Waals surface area (Å²) in [4.78, 5) is 11.1. The molecule has 0 bridgehead atoms. The van der Waals surface area contributed by atoms with Crippen LogP contribution < -0.4 is 0 Å². The Labute approximate surface area is 101 Å². The number of rotatable bonds is 2. The predicted octanol–water partition coefficient (Wildman–Crippen LogP) is 3.26. The van der Waals surface area contributed by atoms with Crippen LogP contribution in [-0.4, -0.2) is 18.9 Å². The maximum atomic E-state index is 11.1. The molecule has 0 N–H and O–H groups in total. The fraction of sp³-hybridized carbons (Fsp3) is 0.357. The first-order valence-electron chi connectivity index (χ1n) is 5.65. The van der Waals surface area contributed by atoms with Crippen LogP contribution in [0, 0.1) is 5.41 Å². The van der Waals surface area contributed by atoms with Crippen LogP contribution in [0.3, 0.4) is 0 Å². The van der Waals surface area contributed by atoms with Gasteiger partial charge in [-0.2, -0.15) is 0 Å². The predicted molar refractivity (Wildman–Crippen MR) is 65.5 cm³/mol. The van der Waals surface area contributed by atoms with Crippen LogP contribution in [0.15, 0.2) is 36.4 Å². The number of carbonyl (C=O) groups excluding carboxylic acids is 1. The van der Waals surface area contributed by atoms with Gasteiger partial charge < -0.3 is 9.47 Å². The minimum atomic E-state index is -0.591. The number of hydrogen-bond acceptors (Lipinski definition) is 3. The third-order valence-corrected chi connectivity index (χ3v) is 2.82. The molecule has 1 unspecified atom stereocenters. The van der Waals surface area contributed by atoms with Gasteiger partial charge in [-0.1, -0.05) is 50.3 Å². The number of carbonyl (C=O) groups is 1. The SMILES string of the molecule is CC1(C)COC(=O)OC1C=Cc1ccccc1. The summed E-state index contributed by atoms with van der Waals surface area (Å²) in [5.41, 5.74) is 0.893. The van der Waals surface area contributed by atoms with Gasteiger partial charge in [0.25, 0.3) is 0 Å². The fourth-order valence-corrected chi connectivity index (χ4v) is 1.69. The van der Waals surface area contributed by atoms with E-state index in [2.05, 4.69) is 0 Å². The summed E-state index contributed by atoms with van der Waals surface area (Å²) >= 11 is 0. The Morgan fingerprint density at radius 3 is 2.71 bits per heavy atom.